The van der Waals surface area contributed by atoms with Gasteiger partial charge in [0.05, 0.1) is 17.5 Å². The SMILES string of the molecule is CCCn1c(SCc2csc(-c3ccc(C)cc3)n2)nnc1-c1ccoc1C. The molecule has 3 heterocycles. The Morgan fingerprint density at radius 1 is 1.11 bits per heavy atom. The number of rotatable bonds is 7. The van der Waals surface area contributed by atoms with Crippen molar-refractivity contribution in [1.29, 1.82) is 0 Å². The first-order valence-electron chi connectivity index (χ1n) is 9.27. The van der Waals surface area contributed by atoms with Crippen molar-refractivity contribution < 1.29 is 4.42 Å². The Balaban J connectivity index is 1.52. The summed E-state index contributed by atoms with van der Waals surface area (Å²) in [4.78, 5) is 4.80. The molecule has 144 valence electrons. The van der Waals surface area contributed by atoms with Crippen molar-refractivity contribution in [2.75, 3.05) is 0 Å². The standard InChI is InChI=1S/C21H22N4OS2/c1-4-10-25-19(18-9-11-26-15(18)3)23-24-21(25)28-13-17-12-27-20(22-17)16-7-5-14(2)6-8-16/h5-9,11-12H,4,10,13H2,1-3H3. The van der Waals surface area contributed by atoms with Crippen molar-refractivity contribution in [2.24, 2.45) is 0 Å². The molecule has 4 rings (SSSR count). The Hall–Kier alpha value is -2.38. The highest BCUT2D eigenvalue weighted by molar-refractivity contribution is 7.98. The number of hydrogen-bond donors (Lipinski definition) is 0. The molecule has 28 heavy (non-hydrogen) atoms. The van der Waals surface area contributed by atoms with Gasteiger partial charge >= 0.3 is 0 Å². The molecule has 0 aliphatic carbocycles. The average molecular weight is 411 g/mol. The summed E-state index contributed by atoms with van der Waals surface area (Å²) in [5.41, 5.74) is 4.49. The predicted molar refractivity (Wildman–Crippen MR) is 115 cm³/mol. The zero-order chi connectivity index (χ0) is 19.5. The lowest BCUT2D eigenvalue weighted by Crippen LogP contribution is -2.02. The topological polar surface area (TPSA) is 56.7 Å². The second kappa shape index (κ2) is 8.32. The van der Waals surface area contributed by atoms with E-state index in [1.54, 1.807) is 29.4 Å². The van der Waals surface area contributed by atoms with Crippen molar-refractivity contribution >= 4 is 23.1 Å². The Bertz CT molecular complexity index is 1060. The normalized spacial score (nSPS) is 11.2. The molecule has 0 amide bonds. The van der Waals surface area contributed by atoms with Crippen LogP contribution in [0.3, 0.4) is 0 Å². The molecule has 0 N–H and O–H groups in total. The van der Waals surface area contributed by atoms with Crippen LogP contribution in [0.5, 0.6) is 0 Å². The smallest absolute Gasteiger partial charge is 0.191 e. The lowest BCUT2D eigenvalue weighted by Gasteiger charge is -2.07. The summed E-state index contributed by atoms with van der Waals surface area (Å²) >= 11 is 3.36. The molecule has 0 bridgehead atoms. The van der Waals surface area contributed by atoms with Crippen LogP contribution in [-0.4, -0.2) is 19.7 Å². The zero-order valence-electron chi connectivity index (χ0n) is 16.2. The minimum absolute atomic E-state index is 0.772. The molecule has 7 heteroatoms. The average Bonchev–Trinajstić information content (AvgIpc) is 3.41. The summed E-state index contributed by atoms with van der Waals surface area (Å²) < 4.78 is 7.62. The molecule has 0 atom stereocenters. The van der Waals surface area contributed by atoms with E-state index in [9.17, 15) is 0 Å². The van der Waals surface area contributed by atoms with Crippen LogP contribution in [0.25, 0.3) is 22.0 Å². The number of thioether (sulfide) groups is 1. The molecule has 4 aromatic rings. The van der Waals surface area contributed by atoms with Gasteiger partial charge in [0.2, 0.25) is 0 Å². The van der Waals surface area contributed by atoms with E-state index in [1.165, 1.54) is 11.1 Å². The Morgan fingerprint density at radius 3 is 2.64 bits per heavy atom. The Labute approximate surface area is 172 Å². The first kappa shape index (κ1) is 19.0. The molecule has 0 saturated heterocycles. The molecule has 3 aromatic heterocycles. The first-order chi connectivity index (χ1) is 13.7. The zero-order valence-corrected chi connectivity index (χ0v) is 17.8. The summed E-state index contributed by atoms with van der Waals surface area (Å²) in [5, 5.41) is 13.0. The predicted octanol–water partition coefficient (Wildman–Crippen LogP) is 5.98. The molecule has 0 fully saturated rings. The maximum Gasteiger partial charge on any atom is 0.191 e. The van der Waals surface area contributed by atoms with E-state index in [-0.39, 0.29) is 0 Å². The number of hydrogen-bond acceptors (Lipinski definition) is 6. The highest BCUT2D eigenvalue weighted by Gasteiger charge is 2.17. The number of benzene rings is 1. The van der Waals surface area contributed by atoms with Gasteiger partial charge in [0.15, 0.2) is 11.0 Å². The third-order valence-corrected chi connectivity index (χ3v) is 6.40. The molecule has 0 aliphatic heterocycles. The van der Waals surface area contributed by atoms with E-state index < -0.39 is 0 Å². The van der Waals surface area contributed by atoms with Crippen LogP contribution in [0.2, 0.25) is 0 Å². The second-order valence-electron chi connectivity index (χ2n) is 6.65. The van der Waals surface area contributed by atoms with Gasteiger partial charge in [0.25, 0.3) is 0 Å². The van der Waals surface area contributed by atoms with Crippen molar-refractivity contribution in [2.45, 2.75) is 44.6 Å². The maximum atomic E-state index is 5.45. The van der Waals surface area contributed by atoms with Crippen molar-refractivity contribution in [3.63, 3.8) is 0 Å². The van der Waals surface area contributed by atoms with E-state index in [0.29, 0.717) is 0 Å². The molecule has 0 spiro atoms. The fraction of sp³-hybridized carbons (Fsp3) is 0.286. The van der Waals surface area contributed by atoms with Crippen LogP contribution in [0.4, 0.5) is 0 Å². The number of aryl methyl sites for hydroxylation is 2. The van der Waals surface area contributed by atoms with E-state index in [4.69, 9.17) is 9.40 Å². The fourth-order valence-electron chi connectivity index (χ4n) is 2.98. The molecule has 0 radical (unpaired) electrons. The van der Waals surface area contributed by atoms with Gasteiger partial charge in [-0.15, -0.1) is 21.5 Å². The van der Waals surface area contributed by atoms with Gasteiger partial charge in [-0.05, 0) is 26.3 Å². The van der Waals surface area contributed by atoms with Crippen LogP contribution >= 0.6 is 23.1 Å². The highest BCUT2D eigenvalue weighted by atomic mass is 32.2. The van der Waals surface area contributed by atoms with Gasteiger partial charge in [0.1, 0.15) is 10.8 Å². The largest absolute Gasteiger partial charge is 0.469 e. The first-order valence-corrected chi connectivity index (χ1v) is 11.1. The van der Waals surface area contributed by atoms with Crippen LogP contribution in [0, 0.1) is 13.8 Å². The van der Waals surface area contributed by atoms with E-state index >= 15 is 0 Å². The molecule has 0 unspecified atom stereocenters. The minimum Gasteiger partial charge on any atom is -0.469 e. The van der Waals surface area contributed by atoms with Gasteiger partial charge in [-0.2, -0.15) is 0 Å². The monoisotopic (exact) mass is 410 g/mol. The van der Waals surface area contributed by atoms with Crippen molar-refractivity contribution in [1.82, 2.24) is 19.7 Å². The van der Waals surface area contributed by atoms with Crippen molar-refractivity contribution in [3.8, 4) is 22.0 Å². The van der Waals surface area contributed by atoms with Gasteiger partial charge in [-0.3, -0.25) is 0 Å². The Morgan fingerprint density at radius 2 is 1.93 bits per heavy atom. The van der Waals surface area contributed by atoms with Crippen LogP contribution in [-0.2, 0) is 12.3 Å². The number of aromatic nitrogens is 4. The van der Waals surface area contributed by atoms with Crippen LogP contribution < -0.4 is 0 Å². The number of thiazole rings is 1. The lowest BCUT2D eigenvalue weighted by atomic mass is 10.2. The summed E-state index contributed by atoms with van der Waals surface area (Å²) in [6, 6.07) is 10.5. The van der Waals surface area contributed by atoms with E-state index in [1.807, 2.05) is 13.0 Å². The molecule has 0 saturated carbocycles. The van der Waals surface area contributed by atoms with Gasteiger partial charge in [0, 0.05) is 23.2 Å². The lowest BCUT2D eigenvalue weighted by molar-refractivity contribution is 0.534. The van der Waals surface area contributed by atoms with Crippen LogP contribution in [0.15, 0.2) is 51.5 Å². The fourth-order valence-corrected chi connectivity index (χ4v) is 4.77. The third kappa shape index (κ3) is 3.91. The molecular formula is C21H22N4OS2. The summed E-state index contributed by atoms with van der Waals surface area (Å²) in [6.07, 6.45) is 2.72. The van der Waals surface area contributed by atoms with E-state index in [2.05, 4.69) is 58.3 Å². The number of furan rings is 1. The summed E-state index contributed by atoms with van der Waals surface area (Å²) in [6.45, 7) is 7.09. The van der Waals surface area contributed by atoms with Gasteiger partial charge < -0.3 is 8.98 Å². The van der Waals surface area contributed by atoms with Crippen LogP contribution in [0.1, 0.15) is 30.4 Å². The third-order valence-electron chi connectivity index (χ3n) is 4.46. The molecule has 1 aromatic carbocycles. The van der Waals surface area contributed by atoms with E-state index in [0.717, 1.165) is 51.7 Å². The highest BCUT2D eigenvalue weighted by Crippen LogP contribution is 2.30. The molecule has 0 aliphatic rings. The number of nitrogens with zero attached hydrogens (tertiary/aromatic N) is 4. The molecule has 5 nitrogen and oxygen atoms in total. The summed E-state index contributed by atoms with van der Waals surface area (Å²) in [7, 11) is 0. The van der Waals surface area contributed by atoms with Gasteiger partial charge in [-0.25, -0.2) is 4.98 Å². The van der Waals surface area contributed by atoms with Crippen molar-refractivity contribution in [3.05, 3.63) is 59.0 Å². The second-order valence-corrected chi connectivity index (χ2v) is 8.45. The summed E-state index contributed by atoms with van der Waals surface area (Å²) in [5.74, 6) is 2.51. The minimum atomic E-state index is 0.772. The quantitative estimate of drug-likeness (QED) is 0.351. The van der Waals surface area contributed by atoms with Gasteiger partial charge in [-0.1, -0.05) is 48.5 Å². The Kier molecular flexibility index (Phi) is 5.64. The maximum absolute atomic E-state index is 5.45. The molecular weight excluding hydrogens is 388 g/mol.